The third kappa shape index (κ3) is 2.08. The Bertz CT molecular complexity index is 646. The van der Waals surface area contributed by atoms with Gasteiger partial charge in [-0.15, -0.1) is 0 Å². The van der Waals surface area contributed by atoms with Gasteiger partial charge in [0.15, 0.2) is 0 Å². The summed E-state index contributed by atoms with van der Waals surface area (Å²) in [6.45, 7) is 4.29. The molecular formula is C15H16BrN3O2. The van der Waals surface area contributed by atoms with E-state index in [2.05, 4.69) is 31.0 Å². The van der Waals surface area contributed by atoms with Crippen LogP contribution in [0.3, 0.4) is 0 Å². The Morgan fingerprint density at radius 2 is 2.05 bits per heavy atom. The van der Waals surface area contributed by atoms with Gasteiger partial charge >= 0.3 is 0 Å². The molecule has 3 aliphatic heterocycles. The van der Waals surface area contributed by atoms with Crippen molar-refractivity contribution in [1.29, 1.82) is 0 Å². The maximum Gasteiger partial charge on any atom is 0.296 e. The second kappa shape index (κ2) is 4.81. The SMILES string of the molecule is O=C1Nc2cc(N3CCN4CCCC4C3)c(Br)cc2C1=O. The molecule has 1 N–H and O–H groups in total. The van der Waals surface area contributed by atoms with E-state index >= 15 is 0 Å². The molecule has 2 saturated heterocycles. The lowest BCUT2D eigenvalue weighted by molar-refractivity contribution is -0.112. The standard InChI is InChI=1S/C15H16BrN3O2/c16-11-6-10-12(17-15(21)14(10)20)7-13(11)19-5-4-18-3-1-2-9(18)8-19/h6-7,9H,1-5,8H2,(H,17,20,21). The molecule has 1 aromatic carbocycles. The van der Waals surface area contributed by atoms with Crippen LogP contribution in [0.4, 0.5) is 11.4 Å². The summed E-state index contributed by atoms with van der Waals surface area (Å²) in [7, 11) is 0. The zero-order valence-electron chi connectivity index (χ0n) is 11.6. The van der Waals surface area contributed by atoms with Gasteiger partial charge in [0.25, 0.3) is 11.7 Å². The Morgan fingerprint density at radius 1 is 1.19 bits per heavy atom. The number of halogens is 1. The number of piperazine rings is 1. The summed E-state index contributed by atoms with van der Waals surface area (Å²) in [6, 6.07) is 4.33. The first-order valence-electron chi connectivity index (χ1n) is 7.32. The summed E-state index contributed by atoms with van der Waals surface area (Å²) in [5.74, 6) is -0.979. The highest BCUT2D eigenvalue weighted by Crippen LogP contribution is 2.37. The Kier molecular flexibility index (Phi) is 3.04. The third-order valence-electron chi connectivity index (χ3n) is 4.71. The number of hydrogen-bond donors (Lipinski definition) is 1. The van der Waals surface area contributed by atoms with Crippen LogP contribution in [0, 0.1) is 0 Å². The van der Waals surface area contributed by atoms with Crippen molar-refractivity contribution < 1.29 is 9.59 Å². The number of fused-ring (bicyclic) bond motifs is 2. The van der Waals surface area contributed by atoms with Crippen LogP contribution >= 0.6 is 15.9 Å². The lowest BCUT2D eigenvalue weighted by Gasteiger charge is -2.39. The number of benzene rings is 1. The summed E-state index contributed by atoms with van der Waals surface area (Å²) >= 11 is 3.56. The number of amides is 1. The third-order valence-corrected chi connectivity index (χ3v) is 5.35. The van der Waals surface area contributed by atoms with E-state index in [1.54, 1.807) is 6.07 Å². The molecule has 0 spiro atoms. The van der Waals surface area contributed by atoms with Gasteiger partial charge in [0.05, 0.1) is 16.9 Å². The van der Waals surface area contributed by atoms with Crippen LogP contribution in [-0.4, -0.2) is 48.8 Å². The van der Waals surface area contributed by atoms with E-state index in [1.165, 1.54) is 19.4 Å². The molecule has 4 rings (SSSR count). The van der Waals surface area contributed by atoms with Gasteiger partial charge in [-0.25, -0.2) is 0 Å². The van der Waals surface area contributed by atoms with Gasteiger partial charge < -0.3 is 10.2 Å². The predicted octanol–water partition coefficient (Wildman–Crippen LogP) is 1.87. The van der Waals surface area contributed by atoms with Crippen LogP contribution in [0.2, 0.25) is 0 Å². The van der Waals surface area contributed by atoms with Crippen LogP contribution in [0.5, 0.6) is 0 Å². The fourth-order valence-corrected chi connectivity index (χ4v) is 4.20. The van der Waals surface area contributed by atoms with Crippen molar-refractivity contribution in [2.75, 3.05) is 36.4 Å². The van der Waals surface area contributed by atoms with E-state index in [-0.39, 0.29) is 0 Å². The molecule has 0 saturated carbocycles. The zero-order valence-corrected chi connectivity index (χ0v) is 13.1. The number of hydrogen-bond acceptors (Lipinski definition) is 4. The Labute approximate surface area is 131 Å². The number of rotatable bonds is 1. The van der Waals surface area contributed by atoms with E-state index in [0.29, 0.717) is 17.3 Å². The molecule has 1 unspecified atom stereocenters. The average molecular weight is 350 g/mol. The van der Waals surface area contributed by atoms with Gasteiger partial charge in [-0.2, -0.15) is 0 Å². The predicted molar refractivity (Wildman–Crippen MR) is 83.9 cm³/mol. The lowest BCUT2D eigenvalue weighted by atomic mass is 10.1. The molecule has 0 bridgehead atoms. The van der Waals surface area contributed by atoms with Gasteiger partial charge in [0.2, 0.25) is 0 Å². The molecule has 3 heterocycles. The number of ketones is 1. The summed E-state index contributed by atoms with van der Waals surface area (Å²) < 4.78 is 0.887. The summed E-state index contributed by atoms with van der Waals surface area (Å²) in [5.41, 5.74) is 2.17. The fourth-order valence-electron chi connectivity index (χ4n) is 3.61. The Morgan fingerprint density at radius 3 is 2.90 bits per heavy atom. The van der Waals surface area contributed by atoms with Crippen molar-refractivity contribution >= 4 is 39.0 Å². The highest BCUT2D eigenvalue weighted by molar-refractivity contribution is 9.10. The number of nitrogens with one attached hydrogen (secondary N) is 1. The van der Waals surface area contributed by atoms with Gasteiger partial charge in [-0.05, 0) is 47.4 Å². The van der Waals surface area contributed by atoms with Crippen molar-refractivity contribution in [3.05, 3.63) is 22.2 Å². The lowest BCUT2D eigenvalue weighted by Crippen LogP contribution is -2.50. The van der Waals surface area contributed by atoms with Crippen molar-refractivity contribution in [2.45, 2.75) is 18.9 Å². The Hall–Kier alpha value is -1.40. The number of anilines is 2. The smallest absolute Gasteiger partial charge is 0.296 e. The first kappa shape index (κ1) is 13.3. The molecule has 1 aromatic rings. The largest absolute Gasteiger partial charge is 0.368 e. The van der Waals surface area contributed by atoms with Gasteiger partial charge in [0, 0.05) is 30.1 Å². The highest BCUT2D eigenvalue weighted by atomic mass is 79.9. The average Bonchev–Trinajstić information content (AvgIpc) is 3.04. The molecular weight excluding hydrogens is 334 g/mol. The quantitative estimate of drug-likeness (QED) is 0.786. The van der Waals surface area contributed by atoms with E-state index in [4.69, 9.17) is 0 Å². The van der Waals surface area contributed by atoms with Crippen molar-refractivity contribution in [3.63, 3.8) is 0 Å². The van der Waals surface area contributed by atoms with Crippen LogP contribution in [0.25, 0.3) is 0 Å². The normalized spacial score (nSPS) is 25.0. The second-order valence-corrected chi connectivity index (χ2v) is 6.76. The molecule has 6 heteroatoms. The van der Waals surface area contributed by atoms with E-state index < -0.39 is 11.7 Å². The highest BCUT2D eigenvalue weighted by Gasteiger charge is 2.33. The van der Waals surface area contributed by atoms with E-state index in [9.17, 15) is 9.59 Å². The van der Waals surface area contributed by atoms with Crippen molar-refractivity contribution in [3.8, 4) is 0 Å². The molecule has 110 valence electrons. The molecule has 5 nitrogen and oxygen atoms in total. The summed E-state index contributed by atoms with van der Waals surface area (Å²) in [4.78, 5) is 28.1. The first-order valence-corrected chi connectivity index (χ1v) is 8.11. The van der Waals surface area contributed by atoms with E-state index in [1.807, 2.05) is 6.07 Å². The number of nitrogens with zero attached hydrogens (tertiary/aromatic N) is 2. The number of carbonyl (C=O) groups is 2. The van der Waals surface area contributed by atoms with Gasteiger partial charge in [0.1, 0.15) is 0 Å². The first-order chi connectivity index (χ1) is 10.1. The molecule has 21 heavy (non-hydrogen) atoms. The summed E-state index contributed by atoms with van der Waals surface area (Å²) in [5, 5.41) is 2.65. The maximum atomic E-state index is 11.7. The minimum atomic E-state index is -0.533. The monoisotopic (exact) mass is 349 g/mol. The second-order valence-electron chi connectivity index (χ2n) is 5.91. The molecule has 1 atom stereocenters. The van der Waals surface area contributed by atoms with Crippen molar-refractivity contribution in [1.82, 2.24) is 4.90 Å². The molecule has 1 amide bonds. The van der Waals surface area contributed by atoms with Crippen LogP contribution in [-0.2, 0) is 4.79 Å². The molecule has 2 fully saturated rings. The van der Waals surface area contributed by atoms with Crippen molar-refractivity contribution in [2.24, 2.45) is 0 Å². The number of carbonyl (C=O) groups excluding carboxylic acids is 2. The van der Waals surface area contributed by atoms with Crippen LogP contribution in [0.1, 0.15) is 23.2 Å². The Balaban J connectivity index is 1.65. The van der Waals surface area contributed by atoms with Gasteiger partial charge in [-0.3, -0.25) is 14.5 Å². The van der Waals surface area contributed by atoms with Crippen LogP contribution < -0.4 is 10.2 Å². The molecule has 0 aliphatic carbocycles. The number of Topliss-reactive ketones (excluding diaryl/α,β-unsaturated/α-hetero) is 1. The molecule has 0 aromatic heterocycles. The molecule has 3 aliphatic rings. The maximum absolute atomic E-state index is 11.7. The minimum Gasteiger partial charge on any atom is -0.368 e. The van der Waals surface area contributed by atoms with Crippen LogP contribution in [0.15, 0.2) is 16.6 Å². The zero-order chi connectivity index (χ0) is 14.6. The molecule has 0 radical (unpaired) electrons. The van der Waals surface area contributed by atoms with E-state index in [0.717, 1.165) is 29.8 Å². The minimum absolute atomic E-state index is 0.446. The fraction of sp³-hybridized carbons (Fsp3) is 0.467. The topological polar surface area (TPSA) is 52.7 Å². The van der Waals surface area contributed by atoms with Gasteiger partial charge in [-0.1, -0.05) is 0 Å². The summed E-state index contributed by atoms with van der Waals surface area (Å²) in [6.07, 6.45) is 2.54.